The molecule has 1 saturated carbocycles. The predicted molar refractivity (Wildman–Crippen MR) is 64.8 cm³/mol. The first kappa shape index (κ1) is 11.9. The van der Waals surface area contributed by atoms with E-state index in [0.717, 1.165) is 0 Å². The highest BCUT2D eigenvalue weighted by molar-refractivity contribution is 5.57. The Kier molecular flexibility index (Phi) is 2.24. The van der Waals surface area contributed by atoms with Crippen molar-refractivity contribution in [3.8, 4) is 0 Å². The molecule has 1 aliphatic carbocycles. The van der Waals surface area contributed by atoms with Crippen molar-refractivity contribution in [1.29, 1.82) is 0 Å². The quantitative estimate of drug-likeness (QED) is 0.647. The van der Waals surface area contributed by atoms with Crippen molar-refractivity contribution in [2.45, 2.75) is 33.7 Å². The lowest BCUT2D eigenvalue weighted by atomic mass is 10.0. The molecule has 0 amide bonds. The Morgan fingerprint density at radius 3 is 2.35 bits per heavy atom. The van der Waals surface area contributed by atoms with Gasteiger partial charge in [-0.3, -0.25) is 14.8 Å². The van der Waals surface area contributed by atoms with Crippen LogP contribution in [0.5, 0.6) is 0 Å². The molecule has 2 rings (SSSR count). The standard InChI is InChI=1S/C11H18N4O2/c1-10(2)9(11(10,3)4)12-8-7(15(16)17)6-14(5)13-8/h6,9H,1-5H3,(H,12,13). The highest BCUT2D eigenvalue weighted by atomic mass is 16.6. The van der Waals surface area contributed by atoms with Crippen LogP contribution >= 0.6 is 0 Å². The smallest absolute Gasteiger partial charge is 0.330 e. The average molecular weight is 238 g/mol. The number of nitrogens with one attached hydrogen (secondary N) is 1. The largest absolute Gasteiger partial charge is 0.359 e. The van der Waals surface area contributed by atoms with Crippen LogP contribution in [0.25, 0.3) is 0 Å². The van der Waals surface area contributed by atoms with Crippen LogP contribution in [0.3, 0.4) is 0 Å². The summed E-state index contributed by atoms with van der Waals surface area (Å²) >= 11 is 0. The summed E-state index contributed by atoms with van der Waals surface area (Å²) in [5.41, 5.74) is 0.280. The van der Waals surface area contributed by atoms with Gasteiger partial charge < -0.3 is 5.32 Å². The van der Waals surface area contributed by atoms with Crippen LogP contribution in [-0.2, 0) is 7.05 Å². The molecule has 1 aromatic rings. The lowest BCUT2D eigenvalue weighted by Gasteiger charge is -2.03. The van der Waals surface area contributed by atoms with E-state index in [-0.39, 0.29) is 22.6 Å². The molecule has 0 saturated heterocycles. The normalized spacial score (nSPS) is 21.2. The van der Waals surface area contributed by atoms with Gasteiger partial charge in [-0.05, 0) is 10.8 Å². The molecule has 1 heterocycles. The third-order valence-corrected chi connectivity index (χ3v) is 4.31. The fourth-order valence-electron chi connectivity index (χ4n) is 2.41. The Labute approximate surface area is 100 Å². The van der Waals surface area contributed by atoms with E-state index < -0.39 is 4.92 Å². The van der Waals surface area contributed by atoms with Crippen molar-refractivity contribution in [2.24, 2.45) is 17.9 Å². The summed E-state index contributed by atoms with van der Waals surface area (Å²) in [6.45, 7) is 8.61. The first-order valence-electron chi connectivity index (χ1n) is 5.62. The summed E-state index contributed by atoms with van der Waals surface area (Å²) in [4.78, 5) is 10.5. The second kappa shape index (κ2) is 3.21. The second-order valence-corrected chi connectivity index (χ2v) is 5.81. The first-order valence-corrected chi connectivity index (χ1v) is 5.62. The van der Waals surface area contributed by atoms with Crippen molar-refractivity contribution < 1.29 is 4.92 Å². The van der Waals surface area contributed by atoms with E-state index in [9.17, 15) is 10.1 Å². The molecule has 6 heteroatoms. The molecule has 0 radical (unpaired) electrons. The molecular weight excluding hydrogens is 220 g/mol. The predicted octanol–water partition coefficient (Wildman–Crippen LogP) is 2.17. The van der Waals surface area contributed by atoms with Crippen molar-refractivity contribution in [3.05, 3.63) is 16.3 Å². The molecule has 0 aliphatic heterocycles. The number of rotatable bonds is 3. The maximum atomic E-state index is 10.9. The summed E-state index contributed by atoms with van der Waals surface area (Å²) in [6.07, 6.45) is 1.42. The molecular formula is C11H18N4O2. The van der Waals surface area contributed by atoms with E-state index in [1.807, 2.05) is 0 Å². The highest BCUT2D eigenvalue weighted by Crippen LogP contribution is 2.63. The topological polar surface area (TPSA) is 73.0 Å². The zero-order valence-corrected chi connectivity index (χ0v) is 10.8. The molecule has 1 fully saturated rings. The van der Waals surface area contributed by atoms with Gasteiger partial charge in [0.15, 0.2) is 0 Å². The average Bonchev–Trinajstić information content (AvgIpc) is 2.51. The van der Waals surface area contributed by atoms with Gasteiger partial charge in [0.05, 0.1) is 4.92 Å². The molecule has 0 spiro atoms. The molecule has 1 N–H and O–H groups in total. The molecule has 17 heavy (non-hydrogen) atoms. The summed E-state index contributed by atoms with van der Waals surface area (Å²) in [6, 6.07) is 0.212. The molecule has 1 aromatic heterocycles. The Bertz CT molecular complexity index is 462. The lowest BCUT2D eigenvalue weighted by Crippen LogP contribution is -2.11. The summed E-state index contributed by atoms with van der Waals surface area (Å²) in [7, 11) is 1.68. The Morgan fingerprint density at radius 1 is 1.41 bits per heavy atom. The van der Waals surface area contributed by atoms with E-state index in [0.29, 0.717) is 5.82 Å². The van der Waals surface area contributed by atoms with E-state index >= 15 is 0 Å². The van der Waals surface area contributed by atoms with Crippen molar-refractivity contribution in [1.82, 2.24) is 9.78 Å². The van der Waals surface area contributed by atoms with Gasteiger partial charge in [0.2, 0.25) is 5.82 Å². The number of nitro groups is 1. The Hall–Kier alpha value is -1.59. The summed E-state index contributed by atoms with van der Waals surface area (Å²) < 4.78 is 1.46. The molecule has 0 atom stereocenters. The first-order chi connectivity index (χ1) is 7.68. The minimum Gasteiger partial charge on any atom is -0.359 e. The van der Waals surface area contributed by atoms with Gasteiger partial charge in [-0.1, -0.05) is 27.7 Å². The van der Waals surface area contributed by atoms with E-state index in [1.54, 1.807) is 7.05 Å². The molecule has 0 aromatic carbocycles. The van der Waals surface area contributed by atoms with Crippen LogP contribution in [0.4, 0.5) is 11.5 Å². The molecule has 94 valence electrons. The van der Waals surface area contributed by atoms with E-state index in [1.165, 1.54) is 10.9 Å². The maximum Gasteiger partial charge on any atom is 0.330 e. The fraction of sp³-hybridized carbons (Fsp3) is 0.727. The number of hydrogen-bond donors (Lipinski definition) is 1. The van der Waals surface area contributed by atoms with E-state index in [4.69, 9.17) is 0 Å². The number of aryl methyl sites for hydroxylation is 1. The van der Waals surface area contributed by atoms with Crippen LogP contribution < -0.4 is 5.32 Å². The number of nitrogens with zero attached hydrogens (tertiary/aromatic N) is 3. The fourth-order valence-corrected chi connectivity index (χ4v) is 2.41. The van der Waals surface area contributed by atoms with Crippen LogP contribution in [0, 0.1) is 20.9 Å². The van der Waals surface area contributed by atoms with Gasteiger partial charge in [-0.2, -0.15) is 0 Å². The van der Waals surface area contributed by atoms with Gasteiger partial charge >= 0.3 is 5.69 Å². The Morgan fingerprint density at radius 2 is 1.94 bits per heavy atom. The highest BCUT2D eigenvalue weighted by Gasteiger charge is 2.65. The minimum atomic E-state index is -0.405. The maximum absolute atomic E-state index is 10.9. The zero-order valence-electron chi connectivity index (χ0n) is 10.8. The number of aromatic nitrogens is 2. The van der Waals surface area contributed by atoms with Crippen LogP contribution in [0.15, 0.2) is 6.20 Å². The lowest BCUT2D eigenvalue weighted by molar-refractivity contribution is -0.384. The number of anilines is 1. The monoisotopic (exact) mass is 238 g/mol. The van der Waals surface area contributed by atoms with Crippen molar-refractivity contribution in [3.63, 3.8) is 0 Å². The van der Waals surface area contributed by atoms with Gasteiger partial charge in [0, 0.05) is 13.1 Å². The van der Waals surface area contributed by atoms with Crippen molar-refractivity contribution >= 4 is 11.5 Å². The molecule has 1 aliphatic rings. The third kappa shape index (κ3) is 1.59. The second-order valence-electron chi connectivity index (χ2n) is 5.81. The molecule has 6 nitrogen and oxygen atoms in total. The zero-order chi connectivity index (χ0) is 13.0. The Balaban J connectivity index is 2.24. The van der Waals surface area contributed by atoms with Gasteiger partial charge in [-0.15, -0.1) is 5.10 Å². The van der Waals surface area contributed by atoms with Gasteiger partial charge in [-0.25, -0.2) is 0 Å². The van der Waals surface area contributed by atoms with Crippen LogP contribution in [0.2, 0.25) is 0 Å². The van der Waals surface area contributed by atoms with Gasteiger partial charge in [0.25, 0.3) is 0 Å². The van der Waals surface area contributed by atoms with Crippen molar-refractivity contribution in [2.75, 3.05) is 5.32 Å². The van der Waals surface area contributed by atoms with Crippen LogP contribution in [-0.4, -0.2) is 20.7 Å². The molecule has 0 unspecified atom stereocenters. The summed E-state index contributed by atoms with van der Waals surface area (Å²) in [5.74, 6) is 0.362. The van der Waals surface area contributed by atoms with Crippen LogP contribution in [0.1, 0.15) is 27.7 Å². The minimum absolute atomic E-state index is 0.0333. The third-order valence-electron chi connectivity index (χ3n) is 4.31. The summed E-state index contributed by atoms with van der Waals surface area (Å²) in [5, 5.41) is 18.2. The molecule has 0 bridgehead atoms. The van der Waals surface area contributed by atoms with E-state index in [2.05, 4.69) is 38.1 Å². The number of hydrogen-bond acceptors (Lipinski definition) is 4. The SMILES string of the molecule is Cn1cc([N+](=O)[O-])c(NC2C(C)(C)C2(C)C)n1. The van der Waals surface area contributed by atoms with Gasteiger partial charge in [0.1, 0.15) is 6.20 Å².